The molecule has 0 bridgehead atoms. The van der Waals surface area contributed by atoms with Crippen LogP contribution in [-0.2, 0) is 16.0 Å². The van der Waals surface area contributed by atoms with E-state index in [9.17, 15) is 14.4 Å². The third-order valence-electron chi connectivity index (χ3n) is 7.56. The van der Waals surface area contributed by atoms with Crippen LogP contribution in [0.3, 0.4) is 0 Å². The van der Waals surface area contributed by atoms with Crippen molar-refractivity contribution in [2.75, 3.05) is 43.4 Å². The monoisotopic (exact) mass is 476 g/mol. The summed E-state index contributed by atoms with van der Waals surface area (Å²) < 4.78 is 0. The Bertz CT molecular complexity index is 1120. The fourth-order valence-corrected chi connectivity index (χ4v) is 5.27. The van der Waals surface area contributed by atoms with Gasteiger partial charge in [0, 0.05) is 62.5 Å². The van der Waals surface area contributed by atoms with Crippen LogP contribution in [0, 0.1) is 6.92 Å². The Morgan fingerprint density at radius 2 is 1.86 bits per heavy atom. The molecular formula is C26H32N6O3. The molecule has 1 aromatic carbocycles. The van der Waals surface area contributed by atoms with E-state index in [1.54, 1.807) is 11.1 Å². The largest absolute Gasteiger partial charge is 0.399 e. The zero-order chi connectivity index (χ0) is 24.5. The molecule has 0 spiro atoms. The molecule has 2 aromatic rings. The first-order chi connectivity index (χ1) is 16.9. The van der Waals surface area contributed by atoms with Gasteiger partial charge in [0.25, 0.3) is 0 Å². The number of urea groups is 1. The number of hydrogen-bond donors (Lipinski definition) is 2. The van der Waals surface area contributed by atoms with Crippen molar-refractivity contribution in [1.82, 2.24) is 20.1 Å². The SMILES string of the molecule is Cc1cc(N)ccc1CC(=O)N1CCN(C2CC(c3ccc(N4CCC(=O)NC4=O)cn3)C2)CC1. The number of nitrogen functional groups attached to an aromatic ring is 1. The Morgan fingerprint density at radius 1 is 1.09 bits per heavy atom. The van der Waals surface area contributed by atoms with Crippen molar-refractivity contribution >= 4 is 29.2 Å². The molecule has 9 heteroatoms. The molecule has 3 fully saturated rings. The molecule has 2 aliphatic heterocycles. The number of piperazine rings is 1. The van der Waals surface area contributed by atoms with Gasteiger partial charge in [0.2, 0.25) is 11.8 Å². The van der Waals surface area contributed by atoms with Gasteiger partial charge in [-0.05, 0) is 55.2 Å². The molecule has 5 rings (SSSR count). The smallest absolute Gasteiger partial charge is 0.328 e. The summed E-state index contributed by atoms with van der Waals surface area (Å²) in [4.78, 5) is 46.8. The maximum absolute atomic E-state index is 12.8. The van der Waals surface area contributed by atoms with E-state index in [2.05, 4.69) is 15.2 Å². The number of hydrogen-bond acceptors (Lipinski definition) is 6. The normalized spacial score (nSPS) is 23.1. The second-order valence-corrected chi connectivity index (χ2v) is 9.80. The molecule has 3 heterocycles. The molecule has 3 N–H and O–H groups in total. The molecule has 4 amide bonds. The number of anilines is 2. The van der Waals surface area contributed by atoms with E-state index in [1.165, 1.54) is 0 Å². The third kappa shape index (κ3) is 5.00. The van der Waals surface area contributed by atoms with Crippen LogP contribution in [0.1, 0.15) is 42.0 Å². The van der Waals surface area contributed by atoms with Crippen molar-refractivity contribution in [3.8, 4) is 0 Å². The van der Waals surface area contributed by atoms with Crippen LogP contribution in [0.25, 0.3) is 0 Å². The van der Waals surface area contributed by atoms with Gasteiger partial charge in [0.15, 0.2) is 0 Å². The number of aryl methyl sites for hydroxylation is 1. The van der Waals surface area contributed by atoms with Crippen molar-refractivity contribution in [1.29, 1.82) is 0 Å². The second kappa shape index (κ2) is 9.65. The van der Waals surface area contributed by atoms with Crippen LogP contribution in [-0.4, -0.2) is 71.4 Å². The maximum Gasteiger partial charge on any atom is 0.328 e. The van der Waals surface area contributed by atoms with Crippen molar-refractivity contribution in [2.24, 2.45) is 0 Å². The van der Waals surface area contributed by atoms with Gasteiger partial charge in [-0.2, -0.15) is 0 Å². The molecule has 1 saturated carbocycles. The lowest BCUT2D eigenvalue weighted by atomic mass is 9.77. The van der Waals surface area contributed by atoms with E-state index in [0.29, 0.717) is 37.0 Å². The highest BCUT2D eigenvalue weighted by molar-refractivity contribution is 6.05. The van der Waals surface area contributed by atoms with Crippen molar-refractivity contribution in [2.45, 2.75) is 44.6 Å². The lowest BCUT2D eigenvalue weighted by molar-refractivity contribution is -0.133. The Balaban J connectivity index is 1.08. The lowest BCUT2D eigenvalue weighted by Gasteiger charge is -2.46. The molecule has 184 valence electrons. The number of pyridine rings is 1. The van der Waals surface area contributed by atoms with Gasteiger partial charge in [-0.25, -0.2) is 4.79 Å². The molecule has 1 aromatic heterocycles. The average molecular weight is 477 g/mol. The fraction of sp³-hybridized carbons (Fsp3) is 0.462. The Kier molecular flexibility index (Phi) is 6.42. The van der Waals surface area contributed by atoms with Gasteiger partial charge in [0.1, 0.15) is 0 Å². The number of benzene rings is 1. The standard InChI is InChI=1S/C26H32N6O3/c1-17-12-20(27)3-2-18(17)15-25(34)31-10-8-30(9-11-31)22-13-19(14-22)23-5-4-21(16-28-23)32-7-6-24(33)29-26(32)35/h2-5,12,16,19,22H,6-11,13-15,27H2,1H3,(H,29,33,35). The van der Waals surface area contributed by atoms with Crippen LogP contribution in [0.15, 0.2) is 36.5 Å². The highest BCUT2D eigenvalue weighted by Crippen LogP contribution is 2.39. The summed E-state index contributed by atoms with van der Waals surface area (Å²) in [5, 5.41) is 2.34. The number of carbonyl (C=O) groups is 3. The molecule has 9 nitrogen and oxygen atoms in total. The molecule has 2 saturated heterocycles. The van der Waals surface area contributed by atoms with Gasteiger partial charge in [-0.3, -0.25) is 29.7 Å². The van der Waals surface area contributed by atoms with Crippen molar-refractivity contribution < 1.29 is 14.4 Å². The van der Waals surface area contributed by atoms with Crippen LogP contribution in [0.2, 0.25) is 0 Å². The Labute approximate surface area is 205 Å². The minimum Gasteiger partial charge on any atom is -0.399 e. The van der Waals surface area contributed by atoms with Gasteiger partial charge in [-0.15, -0.1) is 0 Å². The first kappa shape index (κ1) is 23.3. The number of aromatic nitrogens is 1. The summed E-state index contributed by atoms with van der Waals surface area (Å²) in [5.74, 6) is 0.359. The minimum absolute atomic E-state index is 0.181. The first-order valence-corrected chi connectivity index (χ1v) is 12.3. The molecule has 0 unspecified atom stereocenters. The summed E-state index contributed by atoms with van der Waals surface area (Å²) in [6.07, 6.45) is 4.57. The maximum atomic E-state index is 12.8. The van der Waals surface area contributed by atoms with Gasteiger partial charge in [-0.1, -0.05) is 6.07 Å². The quantitative estimate of drug-likeness (QED) is 0.639. The van der Waals surface area contributed by atoms with Crippen molar-refractivity contribution in [3.63, 3.8) is 0 Å². The summed E-state index contributed by atoms with van der Waals surface area (Å²) in [5.41, 5.74) is 10.4. The molecule has 0 atom stereocenters. The topological polar surface area (TPSA) is 112 Å². The molecule has 35 heavy (non-hydrogen) atoms. The van der Waals surface area contributed by atoms with Crippen molar-refractivity contribution in [3.05, 3.63) is 53.3 Å². The Morgan fingerprint density at radius 3 is 2.51 bits per heavy atom. The Hall–Kier alpha value is -3.46. The lowest BCUT2D eigenvalue weighted by Crippen LogP contribution is -2.55. The highest BCUT2D eigenvalue weighted by atomic mass is 16.2. The van der Waals surface area contributed by atoms with E-state index >= 15 is 0 Å². The van der Waals surface area contributed by atoms with E-state index in [1.807, 2.05) is 42.2 Å². The molecule has 1 aliphatic carbocycles. The van der Waals surface area contributed by atoms with E-state index in [-0.39, 0.29) is 17.8 Å². The predicted molar refractivity (Wildman–Crippen MR) is 133 cm³/mol. The van der Waals surface area contributed by atoms with Gasteiger partial charge in [0.05, 0.1) is 18.3 Å². The number of imide groups is 1. The van der Waals surface area contributed by atoms with Gasteiger partial charge < -0.3 is 10.6 Å². The second-order valence-electron chi connectivity index (χ2n) is 9.80. The summed E-state index contributed by atoms with van der Waals surface area (Å²) in [7, 11) is 0. The summed E-state index contributed by atoms with van der Waals surface area (Å²) in [6, 6.07) is 9.78. The van der Waals surface area contributed by atoms with E-state index in [0.717, 1.165) is 61.5 Å². The predicted octanol–water partition coefficient (Wildman–Crippen LogP) is 2.05. The van der Waals surface area contributed by atoms with E-state index in [4.69, 9.17) is 5.73 Å². The fourth-order valence-electron chi connectivity index (χ4n) is 5.27. The van der Waals surface area contributed by atoms with Crippen LogP contribution in [0.4, 0.5) is 16.2 Å². The van der Waals surface area contributed by atoms with E-state index < -0.39 is 0 Å². The molecular weight excluding hydrogens is 444 g/mol. The number of nitrogens with one attached hydrogen (secondary N) is 1. The van der Waals surface area contributed by atoms with Gasteiger partial charge >= 0.3 is 6.03 Å². The third-order valence-corrected chi connectivity index (χ3v) is 7.56. The first-order valence-electron chi connectivity index (χ1n) is 12.3. The molecule has 3 aliphatic rings. The number of nitrogens with two attached hydrogens (primary N) is 1. The number of amides is 4. The average Bonchev–Trinajstić information content (AvgIpc) is 2.81. The zero-order valence-electron chi connectivity index (χ0n) is 20.1. The summed E-state index contributed by atoms with van der Waals surface area (Å²) in [6.45, 7) is 5.71. The summed E-state index contributed by atoms with van der Waals surface area (Å²) >= 11 is 0. The van der Waals surface area contributed by atoms with Crippen LogP contribution >= 0.6 is 0 Å². The van der Waals surface area contributed by atoms with Crippen LogP contribution in [0.5, 0.6) is 0 Å². The highest BCUT2D eigenvalue weighted by Gasteiger charge is 2.37. The van der Waals surface area contributed by atoms with Crippen LogP contribution < -0.4 is 16.0 Å². The minimum atomic E-state index is -0.388. The zero-order valence-corrected chi connectivity index (χ0v) is 20.1. The number of nitrogens with zero attached hydrogens (tertiary/aromatic N) is 4. The number of rotatable bonds is 5. The number of carbonyl (C=O) groups excluding carboxylic acids is 3. The molecule has 0 radical (unpaired) electrons.